The highest BCUT2D eigenvalue weighted by Crippen LogP contribution is 2.17. The molecule has 0 aromatic rings. The first-order valence-electron chi connectivity index (χ1n) is 8.83. The number of carbonyl (C=O) groups is 1. The second-order valence-electron chi connectivity index (χ2n) is 6.08. The Morgan fingerprint density at radius 1 is 0.850 bits per heavy atom. The summed E-state index contributed by atoms with van der Waals surface area (Å²) < 4.78 is 0. The third-order valence-corrected chi connectivity index (χ3v) is 4.48. The van der Waals surface area contributed by atoms with Gasteiger partial charge in [-0.05, 0) is 26.7 Å². The Morgan fingerprint density at radius 3 is 1.65 bits per heavy atom. The van der Waals surface area contributed by atoms with Gasteiger partial charge in [0.15, 0.2) is 0 Å². The molecule has 0 spiro atoms. The summed E-state index contributed by atoms with van der Waals surface area (Å²) in [6.07, 6.45) is 14.5. The molecule has 1 rings (SSSR count). The molecule has 20 heavy (non-hydrogen) atoms. The van der Waals surface area contributed by atoms with Gasteiger partial charge in [0.05, 0.1) is 0 Å². The number of nitrogens with one attached hydrogen (secondary N) is 1. The average Bonchev–Trinajstić information content (AvgIpc) is 2.43. The third-order valence-electron chi connectivity index (χ3n) is 4.48. The third kappa shape index (κ3) is 7.16. The summed E-state index contributed by atoms with van der Waals surface area (Å²) >= 11 is 0. The zero-order valence-electron chi connectivity index (χ0n) is 13.6. The zero-order chi connectivity index (χ0) is 14.6. The molecule has 0 aliphatic heterocycles. The molecule has 1 aliphatic carbocycles. The van der Waals surface area contributed by atoms with E-state index < -0.39 is 0 Å². The largest absolute Gasteiger partial charge is 0.335 e. The molecule has 3 heteroatoms. The van der Waals surface area contributed by atoms with E-state index in [1.54, 1.807) is 0 Å². The summed E-state index contributed by atoms with van der Waals surface area (Å²) in [5.74, 6) is 0. The first kappa shape index (κ1) is 17.3. The highest BCUT2D eigenvalue weighted by atomic mass is 16.2. The monoisotopic (exact) mass is 282 g/mol. The minimum absolute atomic E-state index is 0.132. The molecular weight excluding hydrogens is 248 g/mol. The lowest BCUT2D eigenvalue weighted by Crippen LogP contribution is -2.44. The van der Waals surface area contributed by atoms with Gasteiger partial charge in [0, 0.05) is 19.1 Å². The highest BCUT2D eigenvalue weighted by Gasteiger charge is 2.15. The Balaban J connectivity index is 2.39. The molecule has 0 heterocycles. The van der Waals surface area contributed by atoms with Crippen molar-refractivity contribution in [2.24, 2.45) is 0 Å². The number of amides is 2. The average molecular weight is 282 g/mol. The maximum atomic E-state index is 12.2. The van der Waals surface area contributed by atoms with Gasteiger partial charge in [0.1, 0.15) is 0 Å². The second-order valence-corrected chi connectivity index (χ2v) is 6.08. The Hall–Kier alpha value is -0.730. The van der Waals surface area contributed by atoms with E-state index in [1.807, 2.05) is 18.7 Å². The molecule has 1 saturated carbocycles. The fraction of sp³-hybridized carbons (Fsp3) is 0.941. The highest BCUT2D eigenvalue weighted by molar-refractivity contribution is 5.74. The molecule has 0 unspecified atom stereocenters. The number of rotatable bonds is 3. The van der Waals surface area contributed by atoms with E-state index in [2.05, 4.69) is 5.32 Å². The van der Waals surface area contributed by atoms with Crippen LogP contribution in [0.5, 0.6) is 0 Å². The summed E-state index contributed by atoms with van der Waals surface area (Å²) in [5, 5.41) is 3.26. The van der Waals surface area contributed by atoms with Gasteiger partial charge in [-0.25, -0.2) is 4.79 Å². The minimum Gasteiger partial charge on any atom is -0.335 e. The second kappa shape index (κ2) is 11.0. The fourth-order valence-electron chi connectivity index (χ4n) is 3.08. The van der Waals surface area contributed by atoms with Crippen LogP contribution in [0.25, 0.3) is 0 Å². The van der Waals surface area contributed by atoms with Crippen molar-refractivity contribution in [1.82, 2.24) is 10.2 Å². The molecule has 1 fully saturated rings. The lowest BCUT2D eigenvalue weighted by molar-refractivity contribution is 0.196. The Kier molecular flexibility index (Phi) is 9.52. The van der Waals surface area contributed by atoms with E-state index in [0.29, 0.717) is 6.04 Å². The first-order chi connectivity index (χ1) is 9.77. The Labute approximate surface area is 125 Å². The number of urea groups is 1. The lowest BCUT2D eigenvalue weighted by Gasteiger charge is -2.25. The van der Waals surface area contributed by atoms with Gasteiger partial charge in [0.2, 0.25) is 0 Å². The quantitative estimate of drug-likeness (QED) is 0.798. The molecule has 0 bridgehead atoms. The summed E-state index contributed by atoms with van der Waals surface area (Å²) in [7, 11) is 0. The van der Waals surface area contributed by atoms with Gasteiger partial charge in [-0.15, -0.1) is 0 Å². The van der Waals surface area contributed by atoms with Gasteiger partial charge < -0.3 is 10.2 Å². The Bertz CT molecular complexity index is 239. The van der Waals surface area contributed by atoms with Crippen LogP contribution < -0.4 is 5.32 Å². The molecule has 0 aromatic carbocycles. The standard InChI is InChI=1S/C17H34N2O/c1-3-19(4-2)17(20)18-16-14-12-10-8-6-5-7-9-11-13-15-16/h16H,3-15H2,1-2H3,(H,18,20). The summed E-state index contributed by atoms with van der Waals surface area (Å²) in [6, 6.07) is 0.523. The summed E-state index contributed by atoms with van der Waals surface area (Å²) in [6.45, 7) is 5.69. The van der Waals surface area contributed by atoms with Crippen LogP contribution in [0.1, 0.15) is 84.5 Å². The van der Waals surface area contributed by atoms with Crippen LogP contribution in [0.2, 0.25) is 0 Å². The zero-order valence-corrected chi connectivity index (χ0v) is 13.6. The van der Waals surface area contributed by atoms with E-state index in [-0.39, 0.29) is 6.03 Å². The number of hydrogen-bond donors (Lipinski definition) is 1. The summed E-state index contributed by atoms with van der Waals surface area (Å²) in [5.41, 5.74) is 0. The molecule has 0 saturated heterocycles. The molecule has 0 atom stereocenters. The molecular formula is C17H34N2O. The molecule has 0 radical (unpaired) electrons. The van der Waals surface area contributed by atoms with Crippen molar-refractivity contribution in [2.75, 3.05) is 13.1 Å². The van der Waals surface area contributed by atoms with Gasteiger partial charge in [-0.1, -0.05) is 57.8 Å². The first-order valence-corrected chi connectivity index (χ1v) is 8.83. The number of nitrogens with zero attached hydrogens (tertiary/aromatic N) is 1. The predicted molar refractivity (Wildman–Crippen MR) is 86.0 cm³/mol. The minimum atomic E-state index is 0.132. The number of carbonyl (C=O) groups excluding carboxylic acids is 1. The smallest absolute Gasteiger partial charge is 0.317 e. The van der Waals surface area contributed by atoms with E-state index >= 15 is 0 Å². The van der Waals surface area contributed by atoms with Crippen LogP contribution in [-0.4, -0.2) is 30.1 Å². The molecule has 1 N–H and O–H groups in total. The van der Waals surface area contributed by atoms with Crippen molar-refractivity contribution >= 4 is 6.03 Å². The van der Waals surface area contributed by atoms with Crippen molar-refractivity contribution in [3.63, 3.8) is 0 Å². The van der Waals surface area contributed by atoms with Crippen LogP contribution in [0.4, 0.5) is 4.79 Å². The van der Waals surface area contributed by atoms with Gasteiger partial charge in [0.25, 0.3) is 0 Å². The van der Waals surface area contributed by atoms with E-state index in [4.69, 9.17) is 0 Å². The van der Waals surface area contributed by atoms with Gasteiger partial charge in [-0.3, -0.25) is 0 Å². The van der Waals surface area contributed by atoms with Crippen LogP contribution in [0.3, 0.4) is 0 Å². The SMILES string of the molecule is CCN(CC)C(=O)NC1CCCCCCCCCCC1. The maximum absolute atomic E-state index is 12.2. The van der Waals surface area contributed by atoms with Crippen molar-refractivity contribution < 1.29 is 4.79 Å². The van der Waals surface area contributed by atoms with Gasteiger partial charge >= 0.3 is 6.03 Å². The van der Waals surface area contributed by atoms with Crippen LogP contribution in [0.15, 0.2) is 0 Å². The number of hydrogen-bond acceptors (Lipinski definition) is 1. The van der Waals surface area contributed by atoms with E-state index in [1.165, 1.54) is 57.8 Å². The molecule has 1 aliphatic rings. The molecule has 0 aromatic heterocycles. The molecule has 118 valence electrons. The van der Waals surface area contributed by atoms with E-state index in [9.17, 15) is 4.79 Å². The predicted octanol–water partition coefficient (Wildman–Crippen LogP) is 4.71. The lowest BCUT2D eigenvalue weighted by atomic mass is 9.98. The molecule has 3 nitrogen and oxygen atoms in total. The van der Waals surface area contributed by atoms with Crippen molar-refractivity contribution in [1.29, 1.82) is 0 Å². The van der Waals surface area contributed by atoms with Crippen molar-refractivity contribution in [2.45, 2.75) is 90.5 Å². The summed E-state index contributed by atoms with van der Waals surface area (Å²) in [4.78, 5) is 14.0. The topological polar surface area (TPSA) is 32.3 Å². The normalized spacial score (nSPS) is 19.7. The molecule has 2 amide bonds. The van der Waals surface area contributed by atoms with E-state index in [0.717, 1.165) is 25.9 Å². The van der Waals surface area contributed by atoms with Crippen LogP contribution in [0, 0.1) is 0 Å². The van der Waals surface area contributed by atoms with Crippen LogP contribution >= 0.6 is 0 Å². The van der Waals surface area contributed by atoms with Crippen molar-refractivity contribution in [3.8, 4) is 0 Å². The fourth-order valence-corrected chi connectivity index (χ4v) is 3.08. The Morgan fingerprint density at radius 2 is 1.25 bits per heavy atom. The van der Waals surface area contributed by atoms with Crippen LogP contribution in [-0.2, 0) is 0 Å². The van der Waals surface area contributed by atoms with Crippen molar-refractivity contribution in [3.05, 3.63) is 0 Å². The maximum Gasteiger partial charge on any atom is 0.317 e. The van der Waals surface area contributed by atoms with Gasteiger partial charge in [-0.2, -0.15) is 0 Å².